The minimum atomic E-state index is -1.07. The third kappa shape index (κ3) is 6.19. The third-order valence-corrected chi connectivity index (χ3v) is 7.59. The van der Waals surface area contributed by atoms with Gasteiger partial charge in [-0.2, -0.15) is 5.10 Å². The Balaban J connectivity index is 1.44. The van der Waals surface area contributed by atoms with Crippen molar-refractivity contribution in [2.45, 2.75) is 96.8 Å². The van der Waals surface area contributed by atoms with Crippen molar-refractivity contribution in [3.8, 4) is 5.75 Å². The molecule has 9 heteroatoms. The van der Waals surface area contributed by atoms with Crippen molar-refractivity contribution in [1.29, 1.82) is 0 Å². The quantitative estimate of drug-likeness (QED) is 0.408. The van der Waals surface area contributed by atoms with E-state index in [1.165, 1.54) is 10.7 Å². The molecule has 0 unspecified atom stereocenters. The summed E-state index contributed by atoms with van der Waals surface area (Å²) in [7, 11) is 0. The molecule has 38 heavy (non-hydrogen) atoms. The first-order chi connectivity index (χ1) is 18.4. The molecule has 0 radical (unpaired) electrons. The van der Waals surface area contributed by atoms with Crippen LogP contribution in [-0.2, 0) is 17.9 Å². The zero-order valence-electron chi connectivity index (χ0n) is 22.9. The molecule has 1 saturated carbocycles. The number of nitrogens with zero attached hydrogens (tertiary/aromatic N) is 3. The van der Waals surface area contributed by atoms with Crippen LogP contribution in [0.25, 0.3) is 0 Å². The van der Waals surface area contributed by atoms with Crippen molar-refractivity contribution >= 4 is 17.7 Å². The molecule has 2 aliphatic rings. The van der Waals surface area contributed by atoms with Gasteiger partial charge in [-0.25, -0.2) is 0 Å². The summed E-state index contributed by atoms with van der Waals surface area (Å²) in [6, 6.07) is 9.32. The number of benzene rings is 1. The standard InChI is InChI=1S/C29H41N5O4/c1-4-6-16-33-27(36)25-18-24(26(35)30-19-21-12-14-23(15-13-21)38-17-7-5-2)32-34(25)20-29(33,3)28(37)31-22-10-8-9-11-22/h12-15,18,22H,4-11,16-17,19-20H2,1-3H3,(H,30,35)(H,31,37)/t29-/m0/s1. The van der Waals surface area contributed by atoms with Gasteiger partial charge in [0.05, 0.1) is 13.2 Å². The highest BCUT2D eigenvalue weighted by molar-refractivity contribution is 6.01. The van der Waals surface area contributed by atoms with Crippen molar-refractivity contribution in [2.75, 3.05) is 13.2 Å². The van der Waals surface area contributed by atoms with E-state index in [1.807, 2.05) is 31.2 Å². The van der Waals surface area contributed by atoms with Crippen LogP contribution in [0.4, 0.5) is 0 Å². The van der Waals surface area contributed by atoms with Gasteiger partial charge in [-0.05, 0) is 50.3 Å². The second-order valence-corrected chi connectivity index (χ2v) is 10.6. The maximum Gasteiger partial charge on any atom is 0.273 e. The molecule has 1 atom stereocenters. The molecule has 206 valence electrons. The Morgan fingerprint density at radius 3 is 2.50 bits per heavy atom. The first kappa shape index (κ1) is 27.7. The van der Waals surface area contributed by atoms with E-state index < -0.39 is 5.54 Å². The lowest BCUT2D eigenvalue weighted by Gasteiger charge is -2.43. The van der Waals surface area contributed by atoms with Gasteiger partial charge in [0.15, 0.2) is 5.69 Å². The number of amides is 3. The number of hydrogen-bond donors (Lipinski definition) is 2. The van der Waals surface area contributed by atoms with Gasteiger partial charge in [-0.3, -0.25) is 19.1 Å². The fourth-order valence-electron chi connectivity index (χ4n) is 5.14. The summed E-state index contributed by atoms with van der Waals surface area (Å²) in [5.74, 6) is 0.0313. The number of carbonyl (C=O) groups excluding carboxylic acids is 3. The zero-order chi connectivity index (χ0) is 27.1. The molecule has 9 nitrogen and oxygen atoms in total. The Labute approximate surface area is 225 Å². The lowest BCUT2D eigenvalue weighted by atomic mass is 9.94. The SMILES string of the molecule is CCCCOc1ccc(CNC(=O)c2cc3n(n2)C[C@@](C)(C(=O)NC2CCCC2)N(CCCC)C3=O)cc1. The van der Waals surface area contributed by atoms with E-state index in [2.05, 4.69) is 29.6 Å². The predicted octanol–water partition coefficient (Wildman–Crippen LogP) is 4.07. The molecule has 2 N–H and O–H groups in total. The minimum Gasteiger partial charge on any atom is -0.494 e. The smallest absolute Gasteiger partial charge is 0.273 e. The molecule has 0 bridgehead atoms. The van der Waals surface area contributed by atoms with E-state index in [0.717, 1.165) is 62.7 Å². The zero-order valence-corrected chi connectivity index (χ0v) is 22.9. The maximum atomic E-state index is 13.6. The number of carbonyl (C=O) groups is 3. The number of ether oxygens (including phenoxy) is 1. The van der Waals surface area contributed by atoms with Gasteiger partial charge in [-0.1, -0.05) is 51.7 Å². The van der Waals surface area contributed by atoms with E-state index in [-0.39, 0.29) is 36.0 Å². The summed E-state index contributed by atoms with van der Waals surface area (Å²) in [6.07, 6.45) is 7.95. The summed E-state index contributed by atoms with van der Waals surface area (Å²) in [5.41, 5.74) is 0.376. The average molecular weight is 524 g/mol. The molecular weight excluding hydrogens is 482 g/mol. The van der Waals surface area contributed by atoms with Crippen LogP contribution in [0, 0.1) is 0 Å². The van der Waals surface area contributed by atoms with E-state index in [9.17, 15) is 14.4 Å². The van der Waals surface area contributed by atoms with Crippen LogP contribution in [0.15, 0.2) is 30.3 Å². The largest absolute Gasteiger partial charge is 0.494 e. The number of hydrogen-bond acceptors (Lipinski definition) is 5. The number of unbranched alkanes of at least 4 members (excludes halogenated alkanes) is 2. The highest BCUT2D eigenvalue weighted by atomic mass is 16.5. The van der Waals surface area contributed by atoms with Crippen molar-refractivity contribution in [2.24, 2.45) is 0 Å². The lowest BCUT2D eigenvalue weighted by Crippen LogP contribution is -2.65. The summed E-state index contributed by atoms with van der Waals surface area (Å²) in [4.78, 5) is 41.6. The van der Waals surface area contributed by atoms with Crippen LogP contribution in [0.5, 0.6) is 5.75 Å². The maximum absolute atomic E-state index is 13.6. The van der Waals surface area contributed by atoms with Gasteiger partial charge >= 0.3 is 0 Å². The Morgan fingerprint density at radius 2 is 1.82 bits per heavy atom. The Bertz CT molecular complexity index is 1120. The molecule has 4 rings (SSSR count). The van der Waals surface area contributed by atoms with Crippen molar-refractivity contribution in [3.05, 3.63) is 47.3 Å². The lowest BCUT2D eigenvalue weighted by molar-refractivity contribution is -0.133. The van der Waals surface area contributed by atoms with Gasteiger partial charge < -0.3 is 20.3 Å². The summed E-state index contributed by atoms with van der Waals surface area (Å²) >= 11 is 0. The molecule has 0 spiro atoms. The van der Waals surface area contributed by atoms with Crippen LogP contribution in [0.3, 0.4) is 0 Å². The number of aromatic nitrogens is 2. The molecule has 3 amide bonds. The molecule has 0 saturated heterocycles. The van der Waals surface area contributed by atoms with Crippen molar-refractivity contribution in [1.82, 2.24) is 25.3 Å². The fraction of sp³-hybridized carbons (Fsp3) is 0.586. The number of nitrogens with one attached hydrogen (secondary N) is 2. The van der Waals surface area contributed by atoms with Gasteiger partial charge in [-0.15, -0.1) is 0 Å². The van der Waals surface area contributed by atoms with Gasteiger partial charge in [0.1, 0.15) is 17.0 Å². The Hall–Kier alpha value is -3.36. The second-order valence-electron chi connectivity index (χ2n) is 10.6. The molecule has 1 aromatic heterocycles. The molecule has 1 aliphatic carbocycles. The van der Waals surface area contributed by atoms with E-state index >= 15 is 0 Å². The van der Waals surface area contributed by atoms with E-state index in [4.69, 9.17) is 4.74 Å². The summed E-state index contributed by atoms with van der Waals surface area (Å²) < 4.78 is 7.22. The van der Waals surface area contributed by atoms with Crippen LogP contribution >= 0.6 is 0 Å². The van der Waals surface area contributed by atoms with Crippen LogP contribution in [-0.4, -0.2) is 57.1 Å². The van der Waals surface area contributed by atoms with Crippen molar-refractivity contribution in [3.63, 3.8) is 0 Å². The highest BCUT2D eigenvalue weighted by Crippen LogP contribution is 2.29. The molecule has 2 heterocycles. The van der Waals surface area contributed by atoms with Gasteiger partial charge in [0, 0.05) is 25.2 Å². The van der Waals surface area contributed by atoms with Crippen LogP contribution in [0.1, 0.15) is 98.7 Å². The molecule has 2 aromatic rings. The normalized spacial score (nSPS) is 19.3. The summed E-state index contributed by atoms with van der Waals surface area (Å²) in [6.45, 7) is 7.70. The molecule has 1 aromatic carbocycles. The highest BCUT2D eigenvalue weighted by Gasteiger charge is 2.48. The van der Waals surface area contributed by atoms with Crippen molar-refractivity contribution < 1.29 is 19.1 Å². The number of rotatable bonds is 12. The summed E-state index contributed by atoms with van der Waals surface area (Å²) in [5, 5.41) is 10.5. The molecule has 1 aliphatic heterocycles. The fourth-order valence-corrected chi connectivity index (χ4v) is 5.14. The average Bonchev–Trinajstić information content (AvgIpc) is 3.58. The Morgan fingerprint density at radius 1 is 1.11 bits per heavy atom. The van der Waals surface area contributed by atoms with Crippen LogP contribution in [0.2, 0.25) is 0 Å². The number of fused-ring (bicyclic) bond motifs is 1. The monoisotopic (exact) mass is 523 g/mol. The second kappa shape index (κ2) is 12.5. The first-order valence-corrected chi connectivity index (χ1v) is 14.1. The van der Waals surface area contributed by atoms with Gasteiger partial charge in [0.2, 0.25) is 5.91 Å². The van der Waals surface area contributed by atoms with Crippen LogP contribution < -0.4 is 15.4 Å². The minimum absolute atomic E-state index is 0.150. The van der Waals surface area contributed by atoms with E-state index in [1.54, 1.807) is 4.90 Å². The predicted molar refractivity (Wildman–Crippen MR) is 145 cm³/mol. The topological polar surface area (TPSA) is 106 Å². The van der Waals surface area contributed by atoms with E-state index in [0.29, 0.717) is 25.4 Å². The Kier molecular flexibility index (Phi) is 9.07. The van der Waals surface area contributed by atoms with Gasteiger partial charge in [0.25, 0.3) is 11.8 Å². The molecular formula is C29H41N5O4. The first-order valence-electron chi connectivity index (χ1n) is 14.1. The molecule has 1 fully saturated rings. The third-order valence-electron chi connectivity index (χ3n) is 7.59.